The van der Waals surface area contributed by atoms with Crippen LogP contribution < -0.4 is 5.32 Å². The van der Waals surface area contributed by atoms with Crippen LogP contribution in [0.25, 0.3) is 0 Å². The van der Waals surface area contributed by atoms with E-state index in [-0.39, 0.29) is 6.04 Å². The van der Waals surface area contributed by atoms with E-state index in [2.05, 4.69) is 38.7 Å². The molecule has 66 valence electrons. The van der Waals surface area contributed by atoms with Crippen LogP contribution in [-0.4, -0.2) is 16.8 Å². The average Bonchev–Trinajstić information content (AvgIpc) is 1.80. The molecule has 1 nitrogen and oxygen atoms in total. The van der Waals surface area contributed by atoms with Crippen molar-refractivity contribution < 1.29 is 0 Å². The fourth-order valence-electron chi connectivity index (χ4n) is 0.547. The van der Waals surface area contributed by atoms with Crippen molar-refractivity contribution >= 4 is 29.0 Å². The average molecular weight is 191 g/mol. The molecule has 0 saturated carbocycles. The predicted molar refractivity (Wildman–Crippen MR) is 58.5 cm³/mol. The molecule has 0 aromatic rings. The molecular weight excluding hydrogens is 174 g/mol. The molecule has 0 aliphatic carbocycles. The molecule has 0 heterocycles. The molecule has 1 unspecified atom stereocenters. The Bertz CT molecular complexity index is 138. The van der Waals surface area contributed by atoms with E-state index in [1.54, 1.807) is 0 Å². The van der Waals surface area contributed by atoms with E-state index in [9.17, 15) is 0 Å². The zero-order valence-electron chi connectivity index (χ0n) is 7.64. The summed E-state index contributed by atoms with van der Waals surface area (Å²) in [7, 11) is 0. The maximum absolute atomic E-state index is 4.91. The Hall–Kier alpha value is 0.400. The highest BCUT2D eigenvalue weighted by Crippen LogP contribution is 2.10. The van der Waals surface area contributed by atoms with E-state index in [1.165, 1.54) is 0 Å². The summed E-state index contributed by atoms with van der Waals surface area (Å²) in [6.07, 6.45) is 0. The highest BCUT2D eigenvalue weighted by atomic mass is 32.1. The minimum atomic E-state index is 0.229. The summed E-state index contributed by atoms with van der Waals surface area (Å²) >= 11 is 9.00. The van der Waals surface area contributed by atoms with E-state index in [0.717, 1.165) is 10.7 Å². The van der Waals surface area contributed by atoms with Crippen molar-refractivity contribution in [3.63, 3.8) is 0 Å². The van der Waals surface area contributed by atoms with Gasteiger partial charge in [-0.05, 0) is 12.3 Å². The lowest BCUT2D eigenvalue weighted by Gasteiger charge is -2.21. The number of hydrogen-bond acceptors (Lipinski definition) is 2. The zero-order chi connectivity index (χ0) is 9.07. The Balaban J connectivity index is 3.63. The third-order valence-electron chi connectivity index (χ3n) is 1.31. The molecule has 0 aromatic carbocycles. The van der Waals surface area contributed by atoms with Gasteiger partial charge in [0.25, 0.3) is 0 Å². The monoisotopic (exact) mass is 191 g/mol. The summed E-state index contributed by atoms with van der Waals surface area (Å²) in [5.74, 6) is 0. The fraction of sp³-hybridized carbons (Fsp3) is 0.875. The smallest absolute Gasteiger partial charge is 0.0615 e. The van der Waals surface area contributed by atoms with Crippen LogP contribution in [0.5, 0.6) is 0 Å². The molecular formula is C8H17NS2. The molecule has 0 aliphatic rings. The molecule has 0 amide bonds. The van der Waals surface area contributed by atoms with Crippen molar-refractivity contribution in [2.24, 2.45) is 5.41 Å². The molecule has 0 radical (unpaired) electrons. The quantitative estimate of drug-likeness (QED) is 0.524. The number of hydrogen-bond donors (Lipinski definition) is 2. The van der Waals surface area contributed by atoms with Gasteiger partial charge >= 0.3 is 0 Å². The number of thiocarbonyl (C=S) groups is 1. The van der Waals surface area contributed by atoms with Crippen LogP contribution in [-0.2, 0) is 0 Å². The van der Waals surface area contributed by atoms with Crippen LogP contribution in [0.1, 0.15) is 27.7 Å². The first-order chi connectivity index (χ1) is 4.83. The van der Waals surface area contributed by atoms with Gasteiger partial charge in [0.05, 0.1) is 4.20 Å². The minimum absolute atomic E-state index is 0.229. The van der Waals surface area contributed by atoms with E-state index >= 15 is 0 Å². The summed E-state index contributed by atoms with van der Waals surface area (Å²) in [6, 6.07) is 0.229. The molecule has 0 aliphatic heterocycles. The Morgan fingerprint density at radius 1 is 1.55 bits per heavy atom. The van der Waals surface area contributed by atoms with Crippen molar-refractivity contribution in [2.75, 3.05) is 6.54 Å². The third-order valence-corrected chi connectivity index (χ3v) is 2.05. The summed E-state index contributed by atoms with van der Waals surface area (Å²) in [5.41, 5.74) is 0.312. The first-order valence-electron chi connectivity index (χ1n) is 3.79. The van der Waals surface area contributed by atoms with Gasteiger partial charge in [0.1, 0.15) is 0 Å². The first kappa shape index (κ1) is 11.4. The predicted octanol–water partition coefficient (Wildman–Crippen LogP) is 2.27. The topological polar surface area (TPSA) is 12.0 Å². The van der Waals surface area contributed by atoms with Crippen LogP contribution in [0.3, 0.4) is 0 Å². The van der Waals surface area contributed by atoms with Crippen LogP contribution in [0.15, 0.2) is 0 Å². The summed E-state index contributed by atoms with van der Waals surface area (Å²) in [4.78, 5) is 0. The normalized spacial score (nSPS) is 14.6. The van der Waals surface area contributed by atoms with Crippen molar-refractivity contribution in [2.45, 2.75) is 33.7 Å². The van der Waals surface area contributed by atoms with Crippen LogP contribution in [0.2, 0.25) is 0 Å². The highest BCUT2D eigenvalue weighted by molar-refractivity contribution is 8.11. The van der Waals surface area contributed by atoms with Gasteiger partial charge in [-0.25, -0.2) is 0 Å². The van der Waals surface area contributed by atoms with E-state index < -0.39 is 0 Å². The second kappa shape index (κ2) is 4.43. The number of thiol groups is 1. The maximum Gasteiger partial charge on any atom is 0.0615 e. The SMILES string of the molecule is CC(NCC(C)(C)C)C(=S)S. The molecule has 11 heavy (non-hydrogen) atoms. The lowest BCUT2D eigenvalue weighted by Crippen LogP contribution is -2.36. The van der Waals surface area contributed by atoms with Crippen LogP contribution in [0.4, 0.5) is 0 Å². The molecule has 0 aromatic heterocycles. The zero-order valence-corrected chi connectivity index (χ0v) is 9.35. The molecule has 1 N–H and O–H groups in total. The summed E-state index contributed by atoms with van der Waals surface area (Å²) in [6.45, 7) is 9.56. The standard InChI is InChI=1S/C8H17NS2/c1-6(7(10)11)9-5-8(2,3)4/h6,9H,5H2,1-4H3,(H,10,11). The molecule has 0 fully saturated rings. The lowest BCUT2D eigenvalue weighted by atomic mass is 9.97. The third kappa shape index (κ3) is 6.78. The van der Waals surface area contributed by atoms with E-state index in [0.29, 0.717) is 5.41 Å². The van der Waals surface area contributed by atoms with Crippen LogP contribution >= 0.6 is 24.8 Å². The molecule has 0 saturated heterocycles. The van der Waals surface area contributed by atoms with Gasteiger partial charge in [0.15, 0.2) is 0 Å². The van der Waals surface area contributed by atoms with E-state index in [1.807, 2.05) is 6.92 Å². The van der Waals surface area contributed by atoms with Crippen molar-refractivity contribution in [1.82, 2.24) is 5.32 Å². The van der Waals surface area contributed by atoms with E-state index in [4.69, 9.17) is 12.2 Å². The molecule has 0 spiro atoms. The van der Waals surface area contributed by atoms with Crippen molar-refractivity contribution in [3.05, 3.63) is 0 Å². The van der Waals surface area contributed by atoms with Gasteiger partial charge in [-0.15, -0.1) is 12.6 Å². The molecule has 0 rings (SSSR count). The minimum Gasteiger partial charge on any atom is -0.308 e. The molecule has 1 atom stereocenters. The second-order valence-electron chi connectivity index (χ2n) is 4.00. The Morgan fingerprint density at radius 2 is 2.00 bits per heavy atom. The van der Waals surface area contributed by atoms with Crippen molar-refractivity contribution in [3.8, 4) is 0 Å². The Labute approximate surface area is 80.4 Å². The Kier molecular flexibility index (Phi) is 4.59. The largest absolute Gasteiger partial charge is 0.308 e. The highest BCUT2D eigenvalue weighted by Gasteiger charge is 2.12. The fourth-order valence-corrected chi connectivity index (χ4v) is 0.721. The Morgan fingerprint density at radius 3 is 2.27 bits per heavy atom. The molecule has 0 bridgehead atoms. The van der Waals surface area contributed by atoms with Gasteiger partial charge in [0.2, 0.25) is 0 Å². The summed E-state index contributed by atoms with van der Waals surface area (Å²) in [5, 5.41) is 3.30. The lowest BCUT2D eigenvalue weighted by molar-refractivity contribution is 0.376. The van der Waals surface area contributed by atoms with Gasteiger partial charge < -0.3 is 5.32 Å². The van der Waals surface area contributed by atoms with Gasteiger partial charge in [-0.3, -0.25) is 0 Å². The van der Waals surface area contributed by atoms with Gasteiger partial charge in [0, 0.05) is 12.6 Å². The second-order valence-corrected chi connectivity index (χ2v) is 5.23. The number of rotatable bonds is 3. The van der Waals surface area contributed by atoms with Gasteiger partial charge in [-0.1, -0.05) is 33.0 Å². The first-order valence-corrected chi connectivity index (χ1v) is 4.65. The maximum atomic E-state index is 4.91. The summed E-state index contributed by atoms with van der Waals surface area (Å²) < 4.78 is 0.731. The van der Waals surface area contributed by atoms with Gasteiger partial charge in [-0.2, -0.15) is 0 Å². The molecule has 3 heteroatoms. The van der Waals surface area contributed by atoms with Crippen molar-refractivity contribution in [1.29, 1.82) is 0 Å². The van der Waals surface area contributed by atoms with Crippen LogP contribution in [0, 0.1) is 5.41 Å². The number of nitrogens with one attached hydrogen (secondary N) is 1.